The monoisotopic (exact) mass is 254 g/mol. The van der Waals surface area contributed by atoms with Crippen LogP contribution >= 0.6 is 11.3 Å². The maximum absolute atomic E-state index is 9.44. The molecule has 1 aliphatic rings. The van der Waals surface area contributed by atoms with E-state index in [4.69, 9.17) is 0 Å². The van der Waals surface area contributed by atoms with Gasteiger partial charge in [-0.2, -0.15) is 0 Å². The summed E-state index contributed by atoms with van der Waals surface area (Å²) in [5, 5.41) is 14.2. The molecule has 2 unspecified atom stereocenters. The summed E-state index contributed by atoms with van der Waals surface area (Å²) in [6.45, 7) is 3.25. The Morgan fingerprint density at radius 2 is 2.24 bits per heavy atom. The van der Waals surface area contributed by atoms with E-state index in [1.54, 1.807) is 11.3 Å². The van der Waals surface area contributed by atoms with E-state index < -0.39 is 0 Å². The lowest BCUT2D eigenvalue weighted by Gasteiger charge is -2.24. The molecule has 0 aliphatic heterocycles. The zero-order valence-corrected chi connectivity index (χ0v) is 11.3. The average Bonchev–Trinajstić information content (AvgIpc) is 2.63. The molecule has 0 bridgehead atoms. The summed E-state index contributed by atoms with van der Waals surface area (Å²) in [6.07, 6.45) is 8.18. The Hall–Kier alpha value is -0.450. The average molecular weight is 254 g/mol. The zero-order chi connectivity index (χ0) is 12.1. The Morgan fingerprint density at radius 3 is 2.94 bits per heavy atom. The lowest BCUT2D eigenvalue weighted by Crippen LogP contribution is -2.36. The molecule has 0 amide bonds. The second-order valence-corrected chi connectivity index (χ2v) is 6.23. The van der Waals surface area contributed by atoms with Crippen molar-refractivity contribution in [2.75, 3.05) is 6.61 Å². The maximum atomic E-state index is 9.44. The summed E-state index contributed by atoms with van der Waals surface area (Å²) in [7, 11) is 0. The first-order valence-corrected chi connectivity index (χ1v) is 7.37. The van der Waals surface area contributed by atoms with Gasteiger partial charge in [-0.1, -0.05) is 19.3 Å². The zero-order valence-electron chi connectivity index (χ0n) is 10.5. The molecular formula is C13H22N2OS. The SMILES string of the molecule is Cc1ncc(CNC2CCCCCC2CO)s1. The molecule has 96 valence electrons. The Morgan fingerprint density at radius 1 is 1.41 bits per heavy atom. The fraction of sp³-hybridized carbons (Fsp3) is 0.769. The van der Waals surface area contributed by atoms with Crippen molar-refractivity contribution in [3.63, 3.8) is 0 Å². The molecule has 4 heteroatoms. The minimum Gasteiger partial charge on any atom is -0.396 e. The molecule has 0 aromatic carbocycles. The van der Waals surface area contributed by atoms with Crippen LogP contribution < -0.4 is 5.32 Å². The fourth-order valence-corrected chi connectivity index (χ4v) is 3.34. The topological polar surface area (TPSA) is 45.2 Å². The molecule has 0 spiro atoms. The van der Waals surface area contributed by atoms with Gasteiger partial charge >= 0.3 is 0 Å². The normalized spacial score (nSPS) is 25.8. The lowest BCUT2D eigenvalue weighted by molar-refractivity contribution is 0.181. The van der Waals surface area contributed by atoms with Crippen LogP contribution in [0.5, 0.6) is 0 Å². The van der Waals surface area contributed by atoms with E-state index in [1.165, 1.54) is 30.6 Å². The van der Waals surface area contributed by atoms with Crippen molar-refractivity contribution < 1.29 is 5.11 Å². The number of aryl methyl sites for hydroxylation is 1. The summed E-state index contributed by atoms with van der Waals surface area (Å²) in [6, 6.07) is 0.477. The molecule has 2 rings (SSSR count). The number of hydrogen-bond donors (Lipinski definition) is 2. The minimum absolute atomic E-state index is 0.319. The summed E-state index contributed by atoms with van der Waals surface area (Å²) in [5.41, 5.74) is 0. The van der Waals surface area contributed by atoms with E-state index in [0.29, 0.717) is 18.6 Å². The second-order valence-electron chi connectivity index (χ2n) is 4.91. The Balaban J connectivity index is 1.87. The third-order valence-electron chi connectivity index (χ3n) is 3.60. The third-order valence-corrected chi connectivity index (χ3v) is 4.51. The first-order chi connectivity index (χ1) is 8.29. The largest absolute Gasteiger partial charge is 0.396 e. The van der Waals surface area contributed by atoms with Crippen molar-refractivity contribution in [3.05, 3.63) is 16.1 Å². The van der Waals surface area contributed by atoms with E-state index in [9.17, 15) is 5.11 Å². The summed E-state index contributed by atoms with van der Waals surface area (Å²) in [4.78, 5) is 5.56. The van der Waals surface area contributed by atoms with E-state index in [1.807, 2.05) is 13.1 Å². The van der Waals surface area contributed by atoms with E-state index in [-0.39, 0.29) is 0 Å². The summed E-state index contributed by atoms with van der Waals surface area (Å²) in [5.74, 6) is 0.437. The Labute approximate surface area is 107 Å². The van der Waals surface area contributed by atoms with E-state index in [0.717, 1.165) is 18.0 Å². The Bertz CT molecular complexity index is 340. The van der Waals surface area contributed by atoms with Crippen molar-refractivity contribution in [2.24, 2.45) is 5.92 Å². The van der Waals surface area contributed by atoms with Crippen LogP contribution in [0.15, 0.2) is 6.20 Å². The van der Waals surface area contributed by atoms with E-state index >= 15 is 0 Å². The standard InChI is InChI=1S/C13H22N2OS/c1-10-14-7-12(17-10)8-15-13-6-4-2-3-5-11(13)9-16/h7,11,13,15-16H,2-6,8-9H2,1H3. The molecule has 0 saturated heterocycles. The van der Waals surface area contributed by atoms with Gasteiger partial charge in [0.25, 0.3) is 0 Å². The van der Waals surface area contributed by atoms with Gasteiger partial charge in [0.15, 0.2) is 0 Å². The smallest absolute Gasteiger partial charge is 0.0897 e. The van der Waals surface area contributed by atoms with Crippen molar-refractivity contribution >= 4 is 11.3 Å². The van der Waals surface area contributed by atoms with Crippen LogP contribution in [0.1, 0.15) is 42.0 Å². The van der Waals surface area contributed by atoms with Crippen molar-refractivity contribution in [1.29, 1.82) is 0 Å². The predicted octanol–water partition coefficient (Wildman–Crippen LogP) is 2.48. The molecule has 2 atom stereocenters. The van der Waals surface area contributed by atoms with E-state index in [2.05, 4.69) is 10.3 Å². The quantitative estimate of drug-likeness (QED) is 0.811. The van der Waals surface area contributed by atoms with Crippen LogP contribution in [0.4, 0.5) is 0 Å². The maximum Gasteiger partial charge on any atom is 0.0897 e. The van der Waals surface area contributed by atoms with Gasteiger partial charge < -0.3 is 10.4 Å². The molecule has 1 aliphatic carbocycles. The molecule has 3 nitrogen and oxygen atoms in total. The number of thiazole rings is 1. The molecule has 1 fully saturated rings. The van der Waals surface area contributed by atoms with Crippen LogP contribution in [-0.4, -0.2) is 22.7 Å². The predicted molar refractivity (Wildman–Crippen MR) is 71.1 cm³/mol. The number of hydrogen-bond acceptors (Lipinski definition) is 4. The molecule has 1 heterocycles. The van der Waals surface area contributed by atoms with Gasteiger partial charge in [-0.25, -0.2) is 4.98 Å². The second kappa shape index (κ2) is 6.47. The molecular weight excluding hydrogens is 232 g/mol. The van der Waals surface area contributed by atoms with Crippen LogP contribution in [0.2, 0.25) is 0 Å². The van der Waals surface area contributed by atoms with Gasteiger partial charge in [0.2, 0.25) is 0 Å². The molecule has 1 aromatic heterocycles. The van der Waals surface area contributed by atoms with Crippen molar-refractivity contribution in [3.8, 4) is 0 Å². The van der Waals surface area contributed by atoms with Crippen molar-refractivity contribution in [2.45, 2.75) is 51.6 Å². The summed E-state index contributed by atoms with van der Waals surface area (Å²) >= 11 is 1.75. The number of rotatable bonds is 4. The van der Waals surface area contributed by atoms with Crippen LogP contribution in [0.3, 0.4) is 0 Å². The van der Waals surface area contributed by atoms with Gasteiger partial charge in [0.1, 0.15) is 0 Å². The highest BCUT2D eigenvalue weighted by atomic mass is 32.1. The first kappa shape index (κ1) is 13.0. The number of nitrogens with one attached hydrogen (secondary N) is 1. The molecule has 0 radical (unpaired) electrons. The van der Waals surface area contributed by atoms with Gasteiger partial charge in [-0.15, -0.1) is 11.3 Å². The first-order valence-electron chi connectivity index (χ1n) is 6.55. The molecule has 2 N–H and O–H groups in total. The van der Waals surface area contributed by atoms with Gasteiger partial charge in [-0.05, 0) is 25.7 Å². The van der Waals surface area contributed by atoms with Crippen LogP contribution in [-0.2, 0) is 6.54 Å². The molecule has 17 heavy (non-hydrogen) atoms. The van der Waals surface area contributed by atoms with Crippen LogP contribution in [0, 0.1) is 12.8 Å². The number of nitrogens with zero attached hydrogens (tertiary/aromatic N) is 1. The number of aromatic nitrogens is 1. The number of aliphatic hydroxyl groups is 1. The molecule has 1 saturated carbocycles. The third kappa shape index (κ3) is 3.76. The Kier molecular flexibility index (Phi) is 4.95. The van der Waals surface area contributed by atoms with Gasteiger partial charge in [-0.3, -0.25) is 0 Å². The minimum atomic E-state index is 0.319. The van der Waals surface area contributed by atoms with Gasteiger partial charge in [0.05, 0.1) is 5.01 Å². The lowest BCUT2D eigenvalue weighted by atomic mass is 9.96. The fourth-order valence-electron chi connectivity index (χ4n) is 2.59. The summed E-state index contributed by atoms with van der Waals surface area (Å²) < 4.78 is 0. The highest BCUT2D eigenvalue weighted by Gasteiger charge is 2.22. The number of aliphatic hydroxyl groups excluding tert-OH is 1. The highest BCUT2D eigenvalue weighted by Crippen LogP contribution is 2.23. The highest BCUT2D eigenvalue weighted by molar-refractivity contribution is 7.11. The van der Waals surface area contributed by atoms with Crippen LogP contribution in [0.25, 0.3) is 0 Å². The van der Waals surface area contributed by atoms with Gasteiger partial charge in [0, 0.05) is 30.3 Å². The molecule has 1 aromatic rings. The van der Waals surface area contributed by atoms with Crippen molar-refractivity contribution in [1.82, 2.24) is 10.3 Å².